The summed E-state index contributed by atoms with van der Waals surface area (Å²) in [5.74, 6) is -0.498. The Morgan fingerprint density at radius 3 is 3.00 bits per heavy atom. The van der Waals surface area contributed by atoms with Crippen LogP contribution in [-0.4, -0.2) is 30.2 Å². The van der Waals surface area contributed by atoms with E-state index < -0.39 is 12.0 Å². The molecule has 4 heteroatoms. The summed E-state index contributed by atoms with van der Waals surface area (Å²) >= 11 is 0. The minimum Gasteiger partial charge on any atom is -0.480 e. The quantitative estimate of drug-likeness (QED) is 0.651. The van der Waals surface area contributed by atoms with Gasteiger partial charge in [0.15, 0.2) is 0 Å². The first-order valence-electron chi connectivity index (χ1n) is 5.42. The highest BCUT2D eigenvalue weighted by Crippen LogP contribution is 2.29. The predicted molar refractivity (Wildman–Crippen MR) is 61.9 cm³/mol. The summed E-state index contributed by atoms with van der Waals surface area (Å²) in [6.07, 6.45) is 10.7. The summed E-state index contributed by atoms with van der Waals surface area (Å²) in [6, 6.07) is -0.211. The average molecular weight is 220 g/mol. The van der Waals surface area contributed by atoms with Gasteiger partial charge >= 0.3 is 5.97 Å². The second-order valence-corrected chi connectivity index (χ2v) is 4.09. The van der Waals surface area contributed by atoms with Crippen LogP contribution in [0.25, 0.3) is 0 Å². The van der Waals surface area contributed by atoms with E-state index in [0.717, 1.165) is 5.57 Å². The molecule has 2 unspecified atom stereocenters. The van der Waals surface area contributed by atoms with Crippen LogP contribution in [0.2, 0.25) is 0 Å². The summed E-state index contributed by atoms with van der Waals surface area (Å²) in [6.45, 7) is 0. The van der Waals surface area contributed by atoms with Crippen LogP contribution in [0.5, 0.6) is 0 Å². The van der Waals surface area contributed by atoms with Crippen LogP contribution < -0.4 is 10.6 Å². The summed E-state index contributed by atoms with van der Waals surface area (Å²) in [5.41, 5.74) is 1.15. The van der Waals surface area contributed by atoms with Crippen molar-refractivity contribution in [1.82, 2.24) is 10.6 Å². The number of carboxylic acid groups (broad SMARTS) is 1. The number of aliphatic carboxylic acids is 1. The second-order valence-electron chi connectivity index (χ2n) is 4.09. The van der Waals surface area contributed by atoms with E-state index in [4.69, 9.17) is 5.11 Å². The zero-order valence-electron chi connectivity index (χ0n) is 9.18. The van der Waals surface area contributed by atoms with Crippen LogP contribution >= 0.6 is 0 Å². The van der Waals surface area contributed by atoms with Crippen LogP contribution in [0.3, 0.4) is 0 Å². The van der Waals surface area contributed by atoms with E-state index in [0.29, 0.717) is 18.4 Å². The monoisotopic (exact) mass is 220 g/mol. The van der Waals surface area contributed by atoms with Crippen LogP contribution in [0.1, 0.15) is 6.42 Å². The Labute approximate surface area is 94.7 Å². The summed E-state index contributed by atoms with van der Waals surface area (Å²) < 4.78 is 0. The lowest BCUT2D eigenvalue weighted by Crippen LogP contribution is -2.35. The lowest BCUT2D eigenvalue weighted by Gasteiger charge is -2.20. The third kappa shape index (κ3) is 2.02. The third-order valence-corrected chi connectivity index (χ3v) is 3.11. The molecule has 0 aromatic carbocycles. The smallest absolute Gasteiger partial charge is 0.321 e. The molecular formula is C12H16N2O2. The maximum Gasteiger partial charge on any atom is 0.321 e. The molecule has 3 atom stereocenters. The fourth-order valence-corrected chi connectivity index (χ4v) is 2.16. The van der Waals surface area contributed by atoms with Gasteiger partial charge in [-0.05, 0) is 25.2 Å². The van der Waals surface area contributed by atoms with Crippen molar-refractivity contribution in [1.29, 1.82) is 0 Å². The zero-order chi connectivity index (χ0) is 11.5. The standard InChI is InChI=1S/C12H16N2O2/c1-13-11(12(15)16)6-8-7-14-10-5-3-2-4-9(8)10/h2-5,7,9-11,13-14H,6H2,1H3,(H,15,16)/t9?,10?,11-/m0/s1. The van der Waals surface area contributed by atoms with Crippen molar-refractivity contribution >= 4 is 5.97 Å². The van der Waals surface area contributed by atoms with Gasteiger partial charge in [0.1, 0.15) is 6.04 Å². The van der Waals surface area contributed by atoms with Gasteiger partial charge in [-0.2, -0.15) is 0 Å². The molecule has 4 nitrogen and oxygen atoms in total. The molecule has 2 rings (SSSR count). The Bertz CT molecular complexity index is 371. The van der Waals surface area contributed by atoms with Crippen LogP contribution in [0, 0.1) is 5.92 Å². The van der Waals surface area contributed by atoms with E-state index in [1.165, 1.54) is 0 Å². The maximum absolute atomic E-state index is 10.9. The number of carbonyl (C=O) groups is 1. The van der Waals surface area contributed by atoms with Crippen molar-refractivity contribution in [3.8, 4) is 0 Å². The number of fused-ring (bicyclic) bond motifs is 1. The molecule has 1 heterocycles. The molecule has 0 aromatic heterocycles. The highest BCUT2D eigenvalue weighted by atomic mass is 16.4. The van der Waals surface area contributed by atoms with E-state index in [1.807, 2.05) is 18.4 Å². The van der Waals surface area contributed by atoms with E-state index in [2.05, 4.69) is 22.8 Å². The van der Waals surface area contributed by atoms with Gasteiger partial charge in [-0.3, -0.25) is 4.79 Å². The first kappa shape index (κ1) is 11.0. The Balaban J connectivity index is 2.03. The fourth-order valence-electron chi connectivity index (χ4n) is 2.16. The zero-order valence-corrected chi connectivity index (χ0v) is 9.18. The summed E-state index contributed by atoms with van der Waals surface area (Å²) in [4.78, 5) is 10.9. The third-order valence-electron chi connectivity index (χ3n) is 3.11. The molecule has 2 aliphatic rings. The topological polar surface area (TPSA) is 61.4 Å². The van der Waals surface area contributed by atoms with Gasteiger partial charge in [-0.15, -0.1) is 0 Å². The first-order chi connectivity index (χ1) is 7.72. The first-order valence-corrected chi connectivity index (χ1v) is 5.42. The van der Waals surface area contributed by atoms with Crippen molar-refractivity contribution in [2.75, 3.05) is 7.05 Å². The summed E-state index contributed by atoms with van der Waals surface area (Å²) in [7, 11) is 1.68. The minimum atomic E-state index is -0.804. The molecule has 1 aliphatic carbocycles. The molecule has 1 aliphatic heterocycles. The van der Waals surface area contributed by atoms with E-state index in [1.54, 1.807) is 7.05 Å². The fraction of sp³-hybridized carbons (Fsp3) is 0.417. The van der Waals surface area contributed by atoms with Crippen LogP contribution in [-0.2, 0) is 4.79 Å². The molecule has 0 radical (unpaired) electrons. The highest BCUT2D eigenvalue weighted by molar-refractivity contribution is 5.73. The molecule has 0 spiro atoms. The molecule has 0 saturated heterocycles. The van der Waals surface area contributed by atoms with Gasteiger partial charge in [0.2, 0.25) is 0 Å². The van der Waals surface area contributed by atoms with Crippen molar-refractivity contribution in [3.05, 3.63) is 36.1 Å². The van der Waals surface area contributed by atoms with Crippen LogP contribution in [0.4, 0.5) is 0 Å². The van der Waals surface area contributed by atoms with Gasteiger partial charge in [0.25, 0.3) is 0 Å². The molecule has 86 valence electrons. The number of nitrogens with one attached hydrogen (secondary N) is 2. The molecule has 3 N–H and O–H groups in total. The lowest BCUT2D eigenvalue weighted by molar-refractivity contribution is -0.139. The number of rotatable bonds is 4. The van der Waals surface area contributed by atoms with Crippen molar-refractivity contribution in [3.63, 3.8) is 0 Å². The second kappa shape index (κ2) is 4.53. The highest BCUT2D eigenvalue weighted by Gasteiger charge is 2.29. The van der Waals surface area contributed by atoms with E-state index in [-0.39, 0.29) is 0 Å². The summed E-state index contributed by atoms with van der Waals surface area (Å²) in [5, 5.41) is 15.1. The number of likely N-dealkylation sites (N-methyl/N-ethyl adjacent to an activating group) is 1. The molecule has 16 heavy (non-hydrogen) atoms. The molecule has 0 fully saturated rings. The van der Waals surface area contributed by atoms with Gasteiger partial charge in [-0.25, -0.2) is 0 Å². The maximum atomic E-state index is 10.9. The lowest BCUT2D eigenvalue weighted by atomic mass is 9.88. The van der Waals surface area contributed by atoms with Crippen LogP contribution in [0.15, 0.2) is 36.1 Å². The van der Waals surface area contributed by atoms with Gasteiger partial charge in [0.05, 0.1) is 6.04 Å². The van der Waals surface area contributed by atoms with E-state index in [9.17, 15) is 4.79 Å². The Morgan fingerprint density at radius 1 is 1.56 bits per heavy atom. The molecule has 0 saturated carbocycles. The van der Waals surface area contributed by atoms with Crippen molar-refractivity contribution < 1.29 is 9.90 Å². The predicted octanol–water partition coefficient (Wildman–Crippen LogP) is 0.647. The molecule has 0 aromatic rings. The van der Waals surface area contributed by atoms with Crippen molar-refractivity contribution in [2.45, 2.75) is 18.5 Å². The van der Waals surface area contributed by atoms with E-state index >= 15 is 0 Å². The number of allylic oxidation sites excluding steroid dienone is 2. The Hall–Kier alpha value is -1.55. The Kier molecular flexibility index (Phi) is 3.10. The van der Waals surface area contributed by atoms with Gasteiger partial charge < -0.3 is 15.7 Å². The number of carboxylic acids is 1. The normalized spacial score (nSPS) is 28.2. The molecule has 0 amide bonds. The van der Waals surface area contributed by atoms with Crippen molar-refractivity contribution in [2.24, 2.45) is 5.92 Å². The minimum absolute atomic E-state index is 0.298. The van der Waals surface area contributed by atoms with Gasteiger partial charge in [-0.1, -0.05) is 24.3 Å². The Morgan fingerprint density at radius 2 is 2.31 bits per heavy atom. The average Bonchev–Trinajstić information content (AvgIpc) is 2.69. The molecular weight excluding hydrogens is 204 g/mol. The van der Waals surface area contributed by atoms with Gasteiger partial charge in [0, 0.05) is 5.92 Å². The largest absolute Gasteiger partial charge is 0.480 e. The number of hydrogen-bond acceptors (Lipinski definition) is 3. The SMILES string of the molecule is CN[C@@H](CC1=CNC2C=CC=CC12)C(=O)O. The molecule has 0 bridgehead atoms. The number of hydrogen-bond donors (Lipinski definition) is 3.